The van der Waals surface area contributed by atoms with Gasteiger partial charge in [0.2, 0.25) is 0 Å². The molecule has 0 aromatic carbocycles. The number of unbranched alkanes of at least 4 members (excludes halogenated alkanes) is 30. The predicted octanol–water partition coefficient (Wildman–Crippen LogP) is 16.0. The standard InChI is InChI=1S/C51H94O6/c1-4-7-10-13-16-19-22-24-25-27-29-32-35-38-41-44-50(53)56-47-48(46-55-49(52)43-40-37-34-31-28-21-18-15-12-9-6-3)57-51(54)45-42-39-36-33-30-26-23-20-17-14-11-8-5-2/h16,19,24-25,48H,4-15,17-18,20-23,26-47H2,1-3H3/b19-16-,25-24-/t48-/m1/s1. The fourth-order valence-electron chi connectivity index (χ4n) is 7.18. The van der Waals surface area contributed by atoms with E-state index in [-0.39, 0.29) is 31.1 Å². The zero-order chi connectivity index (χ0) is 41.5. The highest BCUT2D eigenvalue weighted by molar-refractivity contribution is 5.71. The molecule has 1 atom stereocenters. The molecule has 0 aliphatic heterocycles. The summed E-state index contributed by atoms with van der Waals surface area (Å²) in [7, 11) is 0. The van der Waals surface area contributed by atoms with Crippen molar-refractivity contribution in [1.82, 2.24) is 0 Å². The molecule has 0 bridgehead atoms. The summed E-state index contributed by atoms with van der Waals surface area (Å²) in [6.07, 6.45) is 51.5. The number of carbonyl (C=O) groups excluding carboxylic acids is 3. The van der Waals surface area contributed by atoms with Crippen LogP contribution in [0, 0.1) is 0 Å². The quantitative estimate of drug-likeness (QED) is 0.0264. The monoisotopic (exact) mass is 803 g/mol. The van der Waals surface area contributed by atoms with Gasteiger partial charge in [0.15, 0.2) is 6.10 Å². The van der Waals surface area contributed by atoms with Crippen molar-refractivity contribution in [2.75, 3.05) is 13.2 Å². The molecule has 0 amide bonds. The van der Waals surface area contributed by atoms with Crippen molar-refractivity contribution in [2.24, 2.45) is 0 Å². The maximum Gasteiger partial charge on any atom is 0.306 e. The Kier molecular flexibility index (Phi) is 44.9. The van der Waals surface area contributed by atoms with Crippen LogP contribution in [-0.2, 0) is 28.6 Å². The Labute approximate surface area is 353 Å². The maximum absolute atomic E-state index is 12.7. The lowest BCUT2D eigenvalue weighted by Crippen LogP contribution is -2.30. The van der Waals surface area contributed by atoms with Gasteiger partial charge in [-0.05, 0) is 51.4 Å². The molecular formula is C51H94O6. The Balaban J connectivity index is 4.36. The smallest absolute Gasteiger partial charge is 0.306 e. The van der Waals surface area contributed by atoms with Crippen molar-refractivity contribution in [3.63, 3.8) is 0 Å². The first-order chi connectivity index (χ1) is 28.0. The number of allylic oxidation sites excluding steroid dienone is 4. The van der Waals surface area contributed by atoms with Crippen LogP contribution in [0.15, 0.2) is 24.3 Å². The molecule has 0 aliphatic carbocycles. The molecule has 0 spiro atoms. The number of ether oxygens (including phenoxy) is 3. The molecule has 0 fully saturated rings. The summed E-state index contributed by atoms with van der Waals surface area (Å²) in [5.74, 6) is -0.875. The van der Waals surface area contributed by atoms with Gasteiger partial charge in [0, 0.05) is 19.3 Å². The molecule has 334 valence electrons. The Morgan fingerprint density at radius 2 is 0.632 bits per heavy atom. The minimum Gasteiger partial charge on any atom is -0.462 e. The molecule has 0 rings (SSSR count). The molecule has 0 radical (unpaired) electrons. The minimum atomic E-state index is -0.769. The summed E-state index contributed by atoms with van der Waals surface area (Å²) >= 11 is 0. The molecule has 6 heteroatoms. The number of carbonyl (C=O) groups is 3. The minimum absolute atomic E-state index is 0.0712. The first-order valence-electron chi connectivity index (χ1n) is 24.8. The van der Waals surface area contributed by atoms with E-state index in [1.165, 1.54) is 148 Å². The van der Waals surface area contributed by atoms with E-state index in [1.54, 1.807) is 0 Å². The van der Waals surface area contributed by atoms with Crippen LogP contribution < -0.4 is 0 Å². The van der Waals surface area contributed by atoms with Crippen LogP contribution in [0.2, 0.25) is 0 Å². The van der Waals surface area contributed by atoms with Crippen LogP contribution in [0.3, 0.4) is 0 Å². The molecule has 0 saturated carbocycles. The van der Waals surface area contributed by atoms with E-state index in [2.05, 4.69) is 45.1 Å². The lowest BCUT2D eigenvalue weighted by molar-refractivity contribution is -0.167. The predicted molar refractivity (Wildman–Crippen MR) is 243 cm³/mol. The van der Waals surface area contributed by atoms with Gasteiger partial charge in [0.25, 0.3) is 0 Å². The summed E-state index contributed by atoms with van der Waals surface area (Å²) in [5.41, 5.74) is 0. The van der Waals surface area contributed by atoms with Crippen molar-refractivity contribution in [3.05, 3.63) is 24.3 Å². The van der Waals surface area contributed by atoms with Crippen molar-refractivity contribution >= 4 is 17.9 Å². The van der Waals surface area contributed by atoms with Crippen molar-refractivity contribution in [1.29, 1.82) is 0 Å². The summed E-state index contributed by atoms with van der Waals surface area (Å²) in [6, 6.07) is 0. The molecule has 0 aromatic heterocycles. The lowest BCUT2D eigenvalue weighted by atomic mass is 10.0. The molecule has 0 saturated heterocycles. The zero-order valence-corrected chi connectivity index (χ0v) is 38.1. The Hall–Kier alpha value is -2.11. The van der Waals surface area contributed by atoms with Gasteiger partial charge in [-0.1, -0.05) is 218 Å². The highest BCUT2D eigenvalue weighted by Crippen LogP contribution is 2.15. The van der Waals surface area contributed by atoms with Crippen LogP contribution in [-0.4, -0.2) is 37.2 Å². The Morgan fingerprint density at radius 1 is 0.351 bits per heavy atom. The molecule has 0 N–H and O–H groups in total. The molecule has 57 heavy (non-hydrogen) atoms. The van der Waals surface area contributed by atoms with Crippen LogP contribution in [0.5, 0.6) is 0 Å². The number of hydrogen-bond acceptors (Lipinski definition) is 6. The lowest BCUT2D eigenvalue weighted by Gasteiger charge is -2.18. The van der Waals surface area contributed by atoms with Crippen LogP contribution in [0.4, 0.5) is 0 Å². The van der Waals surface area contributed by atoms with Gasteiger partial charge in [-0.25, -0.2) is 0 Å². The van der Waals surface area contributed by atoms with Gasteiger partial charge in [-0.15, -0.1) is 0 Å². The van der Waals surface area contributed by atoms with Gasteiger partial charge in [0.05, 0.1) is 0 Å². The molecule has 0 aromatic rings. The highest BCUT2D eigenvalue weighted by atomic mass is 16.6. The van der Waals surface area contributed by atoms with Crippen molar-refractivity contribution in [2.45, 2.75) is 271 Å². The normalized spacial score (nSPS) is 12.1. The Bertz CT molecular complexity index is 927. The van der Waals surface area contributed by atoms with E-state index < -0.39 is 6.10 Å². The second kappa shape index (κ2) is 46.6. The molecule has 6 nitrogen and oxygen atoms in total. The first-order valence-corrected chi connectivity index (χ1v) is 24.8. The van der Waals surface area contributed by atoms with Crippen molar-refractivity contribution in [3.8, 4) is 0 Å². The third-order valence-electron chi connectivity index (χ3n) is 11.0. The van der Waals surface area contributed by atoms with Gasteiger partial charge < -0.3 is 14.2 Å². The van der Waals surface area contributed by atoms with Crippen LogP contribution in [0.25, 0.3) is 0 Å². The third kappa shape index (κ3) is 44.8. The second-order valence-corrected chi connectivity index (χ2v) is 16.7. The molecular weight excluding hydrogens is 709 g/mol. The topological polar surface area (TPSA) is 78.9 Å². The highest BCUT2D eigenvalue weighted by Gasteiger charge is 2.19. The summed E-state index contributed by atoms with van der Waals surface area (Å²) in [6.45, 7) is 6.61. The van der Waals surface area contributed by atoms with Gasteiger partial charge in [-0.2, -0.15) is 0 Å². The van der Waals surface area contributed by atoms with Crippen LogP contribution in [0.1, 0.15) is 265 Å². The zero-order valence-electron chi connectivity index (χ0n) is 38.1. The maximum atomic E-state index is 12.7. The molecule has 0 unspecified atom stereocenters. The third-order valence-corrected chi connectivity index (χ3v) is 11.0. The fraction of sp³-hybridized carbons (Fsp3) is 0.863. The summed E-state index contributed by atoms with van der Waals surface area (Å²) in [5, 5.41) is 0. The van der Waals surface area contributed by atoms with E-state index in [0.29, 0.717) is 19.3 Å². The molecule has 0 aliphatic rings. The first kappa shape index (κ1) is 54.9. The number of esters is 3. The van der Waals surface area contributed by atoms with Gasteiger partial charge in [0.1, 0.15) is 13.2 Å². The summed E-state index contributed by atoms with van der Waals surface area (Å²) < 4.78 is 16.8. The largest absolute Gasteiger partial charge is 0.462 e. The average molecular weight is 803 g/mol. The van der Waals surface area contributed by atoms with E-state index in [0.717, 1.165) is 77.0 Å². The summed E-state index contributed by atoms with van der Waals surface area (Å²) in [4.78, 5) is 37.8. The van der Waals surface area contributed by atoms with Crippen molar-refractivity contribution < 1.29 is 28.6 Å². The van der Waals surface area contributed by atoms with E-state index in [9.17, 15) is 14.4 Å². The second-order valence-electron chi connectivity index (χ2n) is 16.7. The number of hydrogen-bond donors (Lipinski definition) is 0. The van der Waals surface area contributed by atoms with E-state index in [1.807, 2.05) is 0 Å². The number of rotatable bonds is 45. The average Bonchev–Trinajstić information content (AvgIpc) is 3.21. The van der Waals surface area contributed by atoms with E-state index in [4.69, 9.17) is 14.2 Å². The van der Waals surface area contributed by atoms with Gasteiger partial charge >= 0.3 is 17.9 Å². The Morgan fingerprint density at radius 3 is 1.00 bits per heavy atom. The van der Waals surface area contributed by atoms with Gasteiger partial charge in [-0.3, -0.25) is 14.4 Å². The van der Waals surface area contributed by atoms with Crippen LogP contribution >= 0.6 is 0 Å². The van der Waals surface area contributed by atoms with E-state index >= 15 is 0 Å². The SMILES string of the molecule is CCCCC/C=C\C/C=C\CCCCCCCC(=O)OC[C@@H](COC(=O)CCCCCCCCCCCCC)OC(=O)CCCCCCCCCCCCCCC. The fourth-order valence-corrected chi connectivity index (χ4v) is 7.18. The molecule has 0 heterocycles.